The van der Waals surface area contributed by atoms with Crippen LogP contribution in [0.5, 0.6) is 0 Å². The lowest BCUT2D eigenvalue weighted by Crippen LogP contribution is -1.96. The number of aromatic amines is 1. The van der Waals surface area contributed by atoms with Gasteiger partial charge in [-0.3, -0.25) is 4.57 Å². The number of rotatable bonds is 1. The van der Waals surface area contributed by atoms with E-state index in [4.69, 9.17) is 0 Å². The Bertz CT molecular complexity index is 1220. The fourth-order valence-electron chi connectivity index (χ4n) is 3.61. The first kappa shape index (κ1) is 13.4. The first-order valence-electron chi connectivity index (χ1n) is 8.17. The molecule has 0 aliphatic carbocycles. The minimum atomic E-state index is 1.01. The van der Waals surface area contributed by atoms with Crippen LogP contribution in [-0.4, -0.2) is 14.5 Å². The molecule has 5 aromatic rings. The summed E-state index contributed by atoms with van der Waals surface area (Å²) in [6, 6.07) is 21.4. The van der Waals surface area contributed by atoms with Crippen LogP contribution in [0.4, 0.5) is 0 Å². The summed E-state index contributed by atoms with van der Waals surface area (Å²) >= 11 is 0. The minimum Gasteiger partial charge on any atom is -0.355 e. The molecule has 0 radical (unpaired) electrons. The number of imidazole rings is 1. The van der Waals surface area contributed by atoms with Gasteiger partial charge in [-0.05, 0) is 56.3 Å². The fraction of sp³-hybridized carbons (Fsp3) is 0.0952. The fourth-order valence-corrected chi connectivity index (χ4v) is 3.61. The van der Waals surface area contributed by atoms with Crippen LogP contribution < -0.4 is 0 Å². The number of hydrogen-bond acceptors (Lipinski definition) is 1. The predicted octanol–water partition coefficient (Wildman–Crippen LogP) is 5.28. The topological polar surface area (TPSA) is 33.6 Å². The smallest absolute Gasteiger partial charge is 0.111 e. The van der Waals surface area contributed by atoms with Gasteiger partial charge in [-0.2, -0.15) is 0 Å². The lowest BCUT2D eigenvalue weighted by Gasteiger charge is -2.07. The second-order valence-electron chi connectivity index (χ2n) is 6.39. The van der Waals surface area contributed by atoms with E-state index in [1.165, 1.54) is 27.4 Å². The van der Waals surface area contributed by atoms with Gasteiger partial charge in [-0.1, -0.05) is 23.8 Å². The Hall–Kier alpha value is -3.07. The maximum Gasteiger partial charge on any atom is 0.111 e. The summed E-state index contributed by atoms with van der Waals surface area (Å²) in [5.41, 5.74) is 6.95. The molecule has 1 N–H and O–H groups in total. The lowest BCUT2D eigenvalue weighted by atomic mass is 10.1. The molecule has 0 aliphatic heterocycles. The van der Waals surface area contributed by atoms with Gasteiger partial charge in [0.2, 0.25) is 0 Å². The second kappa shape index (κ2) is 4.71. The van der Waals surface area contributed by atoms with E-state index in [-0.39, 0.29) is 0 Å². The van der Waals surface area contributed by atoms with Crippen molar-refractivity contribution >= 4 is 32.8 Å². The van der Waals surface area contributed by atoms with Crippen molar-refractivity contribution in [2.75, 3.05) is 0 Å². The SMILES string of the molecule is Cc1ccc2[nH]c3ccc(-n4c(C)nc5ccccc54)cc3c2c1. The molecule has 2 aromatic heterocycles. The van der Waals surface area contributed by atoms with Crippen LogP contribution in [0.1, 0.15) is 11.4 Å². The Morgan fingerprint density at radius 1 is 0.833 bits per heavy atom. The Kier molecular flexibility index (Phi) is 2.63. The van der Waals surface area contributed by atoms with E-state index >= 15 is 0 Å². The van der Waals surface area contributed by atoms with Crippen molar-refractivity contribution < 1.29 is 0 Å². The van der Waals surface area contributed by atoms with Crippen molar-refractivity contribution in [2.24, 2.45) is 0 Å². The summed E-state index contributed by atoms with van der Waals surface area (Å²) in [6.45, 7) is 4.19. The molecule has 24 heavy (non-hydrogen) atoms. The molecule has 116 valence electrons. The van der Waals surface area contributed by atoms with Gasteiger partial charge in [0.15, 0.2) is 0 Å². The average molecular weight is 311 g/mol. The van der Waals surface area contributed by atoms with Crippen LogP contribution in [0.3, 0.4) is 0 Å². The molecule has 3 aromatic carbocycles. The number of benzene rings is 3. The molecule has 0 unspecified atom stereocenters. The zero-order valence-electron chi connectivity index (χ0n) is 13.7. The highest BCUT2D eigenvalue weighted by Crippen LogP contribution is 2.30. The first-order chi connectivity index (χ1) is 11.7. The van der Waals surface area contributed by atoms with Crippen LogP contribution in [0.25, 0.3) is 38.5 Å². The van der Waals surface area contributed by atoms with E-state index in [1.807, 2.05) is 6.07 Å². The van der Waals surface area contributed by atoms with Crippen LogP contribution in [0, 0.1) is 13.8 Å². The number of hydrogen-bond donors (Lipinski definition) is 1. The Morgan fingerprint density at radius 3 is 2.46 bits per heavy atom. The van der Waals surface area contributed by atoms with Crippen molar-refractivity contribution in [1.29, 1.82) is 0 Å². The van der Waals surface area contributed by atoms with Gasteiger partial charge in [-0.15, -0.1) is 0 Å². The number of nitrogens with one attached hydrogen (secondary N) is 1. The van der Waals surface area contributed by atoms with Gasteiger partial charge < -0.3 is 4.98 Å². The average Bonchev–Trinajstić information content (AvgIpc) is 3.10. The summed E-state index contributed by atoms with van der Waals surface area (Å²) < 4.78 is 2.23. The highest BCUT2D eigenvalue weighted by Gasteiger charge is 2.11. The summed E-state index contributed by atoms with van der Waals surface area (Å²) in [5.74, 6) is 1.01. The molecule has 0 aliphatic rings. The minimum absolute atomic E-state index is 1.01. The van der Waals surface area contributed by atoms with Gasteiger partial charge >= 0.3 is 0 Å². The summed E-state index contributed by atoms with van der Waals surface area (Å²) in [6.07, 6.45) is 0. The van der Waals surface area contributed by atoms with Crippen LogP contribution in [0.15, 0.2) is 60.7 Å². The molecule has 3 heteroatoms. The normalized spacial score (nSPS) is 11.8. The molecule has 2 heterocycles. The first-order valence-corrected chi connectivity index (χ1v) is 8.17. The van der Waals surface area contributed by atoms with Crippen LogP contribution in [0.2, 0.25) is 0 Å². The van der Waals surface area contributed by atoms with Crippen molar-refractivity contribution in [3.8, 4) is 5.69 Å². The van der Waals surface area contributed by atoms with Crippen molar-refractivity contribution in [3.63, 3.8) is 0 Å². The van der Waals surface area contributed by atoms with Gasteiger partial charge in [-0.25, -0.2) is 4.98 Å². The molecule has 0 bridgehead atoms. The maximum atomic E-state index is 4.69. The molecule has 0 spiro atoms. The molecule has 0 saturated carbocycles. The lowest BCUT2D eigenvalue weighted by molar-refractivity contribution is 1.00. The number of fused-ring (bicyclic) bond motifs is 4. The van der Waals surface area contributed by atoms with E-state index in [1.54, 1.807) is 0 Å². The van der Waals surface area contributed by atoms with E-state index in [9.17, 15) is 0 Å². The predicted molar refractivity (Wildman–Crippen MR) is 99.9 cm³/mol. The Balaban J connectivity index is 1.84. The zero-order valence-corrected chi connectivity index (χ0v) is 13.7. The molecule has 0 atom stereocenters. The zero-order chi connectivity index (χ0) is 16.3. The highest BCUT2D eigenvalue weighted by atomic mass is 15.1. The molecule has 0 amide bonds. The number of para-hydroxylation sites is 2. The third kappa shape index (κ3) is 1.81. The monoisotopic (exact) mass is 311 g/mol. The van der Waals surface area contributed by atoms with E-state index in [0.29, 0.717) is 0 Å². The number of aryl methyl sites for hydroxylation is 2. The molecule has 0 fully saturated rings. The molecular weight excluding hydrogens is 294 g/mol. The van der Waals surface area contributed by atoms with E-state index in [2.05, 4.69) is 83.0 Å². The van der Waals surface area contributed by atoms with Gasteiger partial charge in [0, 0.05) is 27.5 Å². The number of nitrogens with zero attached hydrogens (tertiary/aromatic N) is 2. The van der Waals surface area contributed by atoms with Crippen molar-refractivity contribution in [3.05, 3.63) is 72.1 Å². The third-order valence-corrected chi connectivity index (χ3v) is 4.72. The standard InChI is InChI=1S/C21H17N3/c1-13-7-9-18-16(11-13)17-12-15(8-10-19(17)23-18)24-14(2)22-20-5-3-4-6-21(20)24/h3-12,23H,1-2H3. The molecular formula is C21H17N3. The Morgan fingerprint density at radius 2 is 1.58 bits per heavy atom. The molecule has 5 rings (SSSR count). The number of H-pyrrole nitrogens is 1. The highest BCUT2D eigenvalue weighted by molar-refractivity contribution is 6.08. The number of aromatic nitrogens is 3. The Labute approximate surface area is 139 Å². The van der Waals surface area contributed by atoms with Crippen LogP contribution >= 0.6 is 0 Å². The molecule has 3 nitrogen and oxygen atoms in total. The van der Waals surface area contributed by atoms with Crippen LogP contribution in [-0.2, 0) is 0 Å². The van der Waals surface area contributed by atoms with Gasteiger partial charge in [0.25, 0.3) is 0 Å². The third-order valence-electron chi connectivity index (χ3n) is 4.72. The molecule has 0 saturated heterocycles. The summed E-state index contributed by atoms with van der Waals surface area (Å²) in [7, 11) is 0. The van der Waals surface area contributed by atoms with Crippen molar-refractivity contribution in [2.45, 2.75) is 13.8 Å². The maximum absolute atomic E-state index is 4.69. The second-order valence-corrected chi connectivity index (χ2v) is 6.39. The van der Waals surface area contributed by atoms with E-state index < -0.39 is 0 Å². The quantitative estimate of drug-likeness (QED) is 0.449. The van der Waals surface area contributed by atoms with Crippen molar-refractivity contribution in [1.82, 2.24) is 14.5 Å². The van der Waals surface area contributed by atoms with Gasteiger partial charge in [0.05, 0.1) is 11.0 Å². The largest absolute Gasteiger partial charge is 0.355 e. The summed E-state index contributed by atoms with van der Waals surface area (Å²) in [5, 5.41) is 2.53. The van der Waals surface area contributed by atoms with Gasteiger partial charge in [0.1, 0.15) is 5.82 Å². The van der Waals surface area contributed by atoms with E-state index in [0.717, 1.165) is 22.5 Å². The summed E-state index contributed by atoms with van der Waals surface area (Å²) in [4.78, 5) is 8.19.